The van der Waals surface area contributed by atoms with E-state index in [-0.39, 0.29) is 34.4 Å². The highest BCUT2D eigenvalue weighted by Crippen LogP contribution is 2.18. The molecule has 2 aromatic carbocycles. The molecule has 0 radical (unpaired) electrons. The molecule has 11 nitrogen and oxygen atoms in total. The second-order valence-electron chi connectivity index (χ2n) is 6.58. The smallest absolute Gasteiger partial charge is 0.358 e. The van der Waals surface area contributed by atoms with Crippen LogP contribution >= 0.6 is 0 Å². The second kappa shape index (κ2) is 12.9. The largest absolute Gasteiger partial charge is 0.476 e. The predicted octanol–water partition coefficient (Wildman–Crippen LogP) is 2.89. The minimum Gasteiger partial charge on any atom is -0.476 e. The van der Waals surface area contributed by atoms with Gasteiger partial charge in [-0.25, -0.2) is 42.3 Å². The Morgan fingerprint density at radius 3 is 1.65 bits per heavy atom. The van der Waals surface area contributed by atoms with Gasteiger partial charge in [-0.05, 0) is 24.3 Å². The zero-order valence-electron chi connectivity index (χ0n) is 18.6. The maximum Gasteiger partial charge on any atom is 0.358 e. The Labute approximate surface area is 206 Å². The molecule has 4 rings (SSSR count). The molecular weight excluding hydrogens is 500 g/mol. The lowest BCUT2D eigenvalue weighted by atomic mass is 10.2. The van der Waals surface area contributed by atoms with Crippen molar-refractivity contribution in [1.29, 1.82) is 0 Å². The second-order valence-corrected chi connectivity index (χ2v) is 6.58. The number of nitrogens with two attached hydrogens (primary N) is 3. The van der Waals surface area contributed by atoms with Gasteiger partial charge in [-0.1, -0.05) is 12.1 Å². The van der Waals surface area contributed by atoms with Crippen LogP contribution in [0.1, 0.15) is 21.0 Å². The molecule has 0 aliphatic heterocycles. The molecule has 15 heteroatoms. The van der Waals surface area contributed by atoms with Crippen LogP contribution in [0.25, 0.3) is 0 Å². The van der Waals surface area contributed by atoms with Gasteiger partial charge in [0.1, 0.15) is 0 Å². The number of aromatic carboxylic acids is 1. The topological polar surface area (TPSA) is 196 Å². The Balaban J connectivity index is 0.000000214. The molecular formula is C22H18F4N8O3. The summed E-state index contributed by atoms with van der Waals surface area (Å²) in [5.41, 5.74) is 14.8. The number of hydrogen-bond acceptors (Lipinski definition) is 9. The fourth-order valence-corrected chi connectivity index (χ4v) is 2.34. The zero-order valence-corrected chi connectivity index (χ0v) is 18.6. The summed E-state index contributed by atoms with van der Waals surface area (Å²) in [5.74, 6) is -6.15. The van der Waals surface area contributed by atoms with Gasteiger partial charge in [0.15, 0.2) is 46.3 Å². The maximum atomic E-state index is 13.3. The number of carbonyl (C=O) groups is 2. The molecule has 8 N–H and O–H groups in total. The average molecular weight is 518 g/mol. The molecule has 2 heterocycles. The molecule has 0 bridgehead atoms. The monoisotopic (exact) mass is 518 g/mol. The molecule has 1 amide bonds. The van der Waals surface area contributed by atoms with Crippen molar-refractivity contribution in [1.82, 2.24) is 19.9 Å². The molecule has 0 saturated carbocycles. The quantitative estimate of drug-likeness (QED) is 0.199. The lowest BCUT2D eigenvalue weighted by Crippen LogP contribution is -2.17. The van der Waals surface area contributed by atoms with Crippen LogP contribution in [0, 0.1) is 23.3 Å². The molecule has 37 heavy (non-hydrogen) atoms. The predicted molar refractivity (Wildman–Crippen MR) is 125 cm³/mol. The first-order chi connectivity index (χ1) is 17.5. The van der Waals surface area contributed by atoms with Crippen molar-refractivity contribution in [2.24, 2.45) is 0 Å². The summed E-state index contributed by atoms with van der Waals surface area (Å²) in [7, 11) is 0. The third kappa shape index (κ3) is 7.84. The van der Waals surface area contributed by atoms with Gasteiger partial charge in [-0.15, -0.1) is 0 Å². The van der Waals surface area contributed by atoms with Crippen LogP contribution in [0.5, 0.6) is 0 Å². The summed E-state index contributed by atoms with van der Waals surface area (Å²) in [6.07, 6.45) is 5.20. The van der Waals surface area contributed by atoms with E-state index in [2.05, 4.69) is 25.3 Å². The van der Waals surface area contributed by atoms with Crippen LogP contribution in [-0.2, 0) is 0 Å². The number of carbonyl (C=O) groups excluding carboxylic acids is 1. The van der Waals surface area contributed by atoms with Gasteiger partial charge in [0.2, 0.25) is 0 Å². The molecule has 192 valence electrons. The SMILES string of the molecule is Nc1cccc(F)c1F.Nc1nccnc1C(=O)Nc1cccc(F)c1F.Nc1nccnc1C(=O)O. The normalized spacial score (nSPS) is 9.73. The molecule has 0 aliphatic carbocycles. The zero-order chi connectivity index (χ0) is 27.5. The highest BCUT2D eigenvalue weighted by molar-refractivity contribution is 6.05. The lowest BCUT2D eigenvalue weighted by Gasteiger charge is -2.07. The summed E-state index contributed by atoms with van der Waals surface area (Å²) in [5, 5.41) is 10.6. The summed E-state index contributed by atoms with van der Waals surface area (Å²) >= 11 is 0. The van der Waals surface area contributed by atoms with Gasteiger partial charge < -0.3 is 27.6 Å². The molecule has 0 fully saturated rings. The molecule has 0 unspecified atom stereocenters. The van der Waals surface area contributed by atoms with E-state index >= 15 is 0 Å². The Kier molecular flexibility index (Phi) is 9.76. The van der Waals surface area contributed by atoms with Crippen molar-refractivity contribution >= 4 is 34.9 Å². The van der Waals surface area contributed by atoms with Crippen LogP contribution in [0.4, 0.5) is 40.6 Å². The number of benzene rings is 2. The van der Waals surface area contributed by atoms with Gasteiger partial charge >= 0.3 is 5.97 Å². The van der Waals surface area contributed by atoms with Crippen LogP contribution in [0.15, 0.2) is 61.2 Å². The first kappa shape index (κ1) is 27.9. The molecule has 2 aromatic heterocycles. The van der Waals surface area contributed by atoms with E-state index in [1.807, 2.05) is 0 Å². The van der Waals surface area contributed by atoms with Crippen molar-refractivity contribution in [2.75, 3.05) is 22.5 Å². The summed E-state index contributed by atoms with van der Waals surface area (Å²) in [6.45, 7) is 0. The van der Waals surface area contributed by atoms with Crippen molar-refractivity contribution < 1.29 is 32.3 Å². The van der Waals surface area contributed by atoms with E-state index < -0.39 is 35.1 Å². The van der Waals surface area contributed by atoms with Crippen LogP contribution < -0.4 is 22.5 Å². The standard InChI is InChI=1S/C11H8F2N4O.C6H5F2N.C5H5N3O2/c12-6-2-1-3-7(8(6)13)17-11(18)9-10(14)16-5-4-15-9;7-4-2-1-3-5(9)6(4)8;6-4-3(5(9)10)7-1-2-8-4/h1-5H,(H2,14,16)(H,17,18);1-3H,9H2;1-2H,(H2,6,8)(H,9,10). The van der Waals surface area contributed by atoms with Crippen molar-refractivity contribution in [2.45, 2.75) is 0 Å². The minimum absolute atomic E-state index is 0.0602. The number of nitrogens with zero attached hydrogens (tertiary/aromatic N) is 4. The average Bonchev–Trinajstić information content (AvgIpc) is 2.86. The van der Waals surface area contributed by atoms with Crippen molar-refractivity contribution in [3.63, 3.8) is 0 Å². The van der Waals surface area contributed by atoms with Gasteiger partial charge in [0.25, 0.3) is 5.91 Å². The van der Waals surface area contributed by atoms with Gasteiger partial charge in [-0.3, -0.25) is 4.79 Å². The number of carboxylic acid groups (broad SMARTS) is 1. The number of hydrogen-bond donors (Lipinski definition) is 5. The number of anilines is 4. The summed E-state index contributed by atoms with van der Waals surface area (Å²) in [6, 6.07) is 7.12. The van der Waals surface area contributed by atoms with E-state index in [1.165, 1.54) is 49.1 Å². The van der Waals surface area contributed by atoms with E-state index in [1.54, 1.807) is 0 Å². The van der Waals surface area contributed by atoms with Gasteiger partial charge in [-0.2, -0.15) is 0 Å². The Morgan fingerprint density at radius 1 is 0.703 bits per heavy atom. The van der Waals surface area contributed by atoms with Crippen LogP contribution in [0.2, 0.25) is 0 Å². The lowest BCUT2D eigenvalue weighted by molar-refractivity contribution is 0.0691. The van der Waals surface area contributed by atoms with Crippen LogP contribution in [-0.4, -0.2) is 36.9 Å². The number of carboxylic acids is 1. The Hall–Kier alpha value is -5.34. The van der Waals surface area contributed by atoms with Crippen molar-refractivity contribution in [3.8, 4) is 0 Å². The maximum absolute atomic E-state index is 13.3. The van der Waals surface area contributed by atoms with Crippen molar-refractivity contribution in [3.05, 3.63) is 95.8 Å². The number of nitrogen functional groups attached to an aromatic ring is 3. The first-order valence-corrected chi connectivity index (χ1v) is 9.84. The highest BCUT2D eigenvalue weighted by atomic mass is 19.2. The molecule has 0 spiro atoms. The number of rotatable bonds is 3. The number of halogens is 4. The first-order valence-electron chi connectivity index (χ1n) is 9.84. The minimum atomic E-state index is -1.16. The summed E-state index contributed by atoms with van der Waals surface area (Å²) < 4.78 is 50.6. The molecule has 0 saturated heterocycles. The van der Waals surface area contributed by atoms with E-state index in [4.69, 9.17) is 22.3 Å². The van der Waals surface area contributed by atoms with Gasteiger partial charge in [0, 0.05) is 24.8 Å². The number of nitrogens with one attached hydrogen (secondary N) is 1. The highest BCUT2D eigenvalue weighted by Gasteiger charge is 2.15. The Bertz CT molecular complexity index is 1390. The fraction of sp³-hybridized carbons (Fsp3) is 0. The van der Waals surface area contributed by atoms with E-state index in [9.17, 15) is 27.2 Å². The molecule has 4 aromatic rings. The number of aromatic nitrogens is 4. The van der Waals surface area contributed by atoms with E-state index in [0.29, 0.717) is 0 Å². The van der Waals surface area contributed by atoms with Gasteiger partial charge in [0.05, 0.1) is 11.4 Å². The molecule has 0 aliphatic rings. The number of amides is 1. The van der Waals surface area contributed by atoms with Crippen LogP contribution in [0.3, 0.4) is 0 Å². The third-order valence-corrected chi connectivity index (χ3v) is 4.05. The molecule has 0 atom stereocenters. The Morgan fingerprint density at radius 2 is 1.19 bits per heavy atom. The van der Waals surface area contributed by atoms with E-state index in [0.717, 1.165) is 12.1 Å². The fourth-order valence-electron chi connectivity index (χ4n) is 2.34. The third-order valence-electron chi connectivity index (χ3n) is 4.05. The summed E-state index contributed by atoms with van der Waals surface area (Å²) in [4.78, 5) is 36.4.